The van der Waals surface area contributed by atoms with Crippen LogP contribution in [0.2, 0.25) is 0 Å². The fraction of sp³-hybridized carbons (Fsp3) is 0.100. The molecule has 2 N–H and O–H groups in total. The van der Waals surface area contributed by atoms with E-state index in [0.29, 0.717) is 33.6 Å². The lowest BCUT2D eigenvalue weighted by atomic mass is 10.1. The molecule has 3 aromatic heterocycles. The minimum Gasteiger partial charge on any atom is -0.457 e. The summed E-state index contributed by atoms with van der Waals surface area (Å²) in [6.45, 7) is 2.50. The zero-order chi connectivity index (χ0) is 28.9. The molecule has 0 bridgehead atoms. The molecule has 3 heterocycles. The largest absolute Gasteiger partial charge is 0.457 e. The van der Waals surface area contributed by atoms with Crippen LogP contribution in [0.5, 0.6) is 11.5 Å². The van der Waals surface area contributed by atoms with Crippen LogP contribution in [0.15, 0.2) is 94.5 Å². The van der Waals surface area contributed by atoms with Crippen LogP contribution in [0, 0.1) is 5.82 Å². The topological polar surface area (TPSA) is 115 Å². The summed E-state index contributed by atoms with van der Waals surface area (Å²) in [4.78, 5) is 47.2. The molecule has 0 aliphatic rings. The Morgan fingerprint density at radius 2 is 1.76 bits per heavy atom. The molecular weight excluding hydrogens is 593 g/mol. The number of ether oxygens (including phenoxy) is 1. The van der Waals surface area contributed by atoms with E-state index in [1.165, 1.54) is 36.7 Å². The van der Waals surface area contributed by atoms with Gasteiger partial charge in [0.25, 0.3) is 17.4 Å². The first-order valence-corrected chi connectivity index (χ1v) is 13.4. The Labute approximate surface area is 242 Å². The number of aromatic nitrogens is 3. The van der Waals surface area contributed by atoms with Crippen molar-refractivity contribution in [3.05, 3.63) is 117 Å². The third-order valence-electron chi connectivity index (χ3n) is 6.00. The number of halogens is 2. The normalized spacial score (nSPS) is 10.8. The highest BCUT2D eigenvalue weighted by molar-refractivity contribution is 9.10. The molecule has 0 unspecified atom stereocenters. The van der Waals surface area contributed by atoms with E-state index in [1.54, 1.807) is 48.5 Å². The van der Waals surface area contributed by atoms with Crippen molar-refractivity contribution in [2.45, 2.75) is 13.3 Å². The lowest BCUT2D eigenvalue weighted by Gasteiger charge is -2.13. The van der Waals surface area contributed by atoms with Gasteiger partial charge in [-0.15, -0.1) is 0 Å². The van der Waals surface area contributed by atoms with Gasteiger partial charge in [0, 0.05) is 40.6 Å². The molecule has 2 amide bonds. The van der Waals surface area contributed by atoms with Gasteiger partial charge in [-0.25, -0.2) is 9.37 Å². The maximum Gasteiger partial charge on any atom is 0.270 e. The summed E-state index contributed by atoms with van der Waals surface area (Å²) in [5, 5.41) is 5.96. The Balaban J connectivity index is 1.38. The molecule has 0 fully saturated rings. The minimum atomic E-state index is -0.716. The average Bonchev–Trinajstić information content (AvgIpc) is 2.97. The monoisotopic (exact) mass is 615 g/mol. The van der Waals surface area contributed by atoms with Crippen LogP contribution in [0.25, 0.3) is 16.7 Å². The quantitative estimate of drug-likeness (QED) is 0.226. The van der Waals surface area contributed by atoms with Gasteiger partial charge in [0.15, 0.2) is 0 Å². The summed E-state index contributed by atoms with van der Waals surface area (Å²) >= 11 is 3.22. The van der Waals surface area contributed by atoms with E-state index < -0.39 is 17.3 Å². The van der Waals surface area contributed by atoms with Gasteiger partial charge in [0.1, 0.15) is 34.2 Å². The molecule has 0 radical (unpaired) electrons. The van der Waals surface area contributed by atoms with Gasteiger partial charge in [0.2, 0.25) is 0 Å². The number of benzene rings is 2. The highest BCUT2D eigenvalue weighted by Gasteiger charge is 2.20. The Morgan fingerprint density at radius 3 is 2.51 bits per heavy atom. The summed E-state index contributed by atoms with van der Waals surface area (Å²) in [6.07, 6.45) is 3.78. The molecule has 0 spiro atoms. The highest BCUT2D eigenvalue weighted by atomic mass is 79.9. The molecule has 0 saturated heterocycles. The number of amides is 2. The second-order valence-electron chi connectivity index (χ2n) is 8.92. The van der Waals surface area contributed by atoms with E-state index in [1.807, 2.05) is 6.92 Å². The fourth-order valence-electron chi connectivity index (χ4n) is 4.06. The van der Waals surface area contributed by atoms with Crippen molar-refractivity contribution in [2.24, 2.45) is 0 Å². The number of fused-ring (bicyclic) bond motifs is 1. The van der Waals surface area contributed by atoms with Crippen molar-refractivity contribution < 1.29 is 18.7 Å². The molecule has 9 nitrogen and oxygen atoms in total. The third-order valence-corrected chi connectivity index (χ3v) is 6.50. The van der Waals surface area contributed by atoms with Crippen LogP contribution >= 0.6 is 15.9 Å². The number of carbonyl (C=O) groups excluding carboxylic acids is 2. The van der Waals surface area contributed by atoms with Gasteiger partial charge in [-0.05, 0) is 73.2 Å². The lowest BCUT2D eigenvalue weighted by molar-refractivity contribution is 0.0947. The predicted molar refractivity (Wildman–Crippen MR) is 156 cm³/mol. The van der Waals surface area contributed by atoms with E-state index in [9.17, 15) is 18.8 Å². The first kappa shape index (κ1) is 27.7. The molecule has 41 heavy (non-hydrogen) atoms. The number of nitrogens with zero attached hydrogens (tertiary/aromatic N) is 3. The maximum atomic E-state index is 14.9. The number of carbonyl (C=O) groups is 2. The van der Waals surface area contributed by atoms with Crippen LogP contribution in [0.4, 0.5) is 10.1 Å². The molecule has 2 aromatic carbocycles. The average molecular weight is 616 g/mol. The van der Waals surface area contributed by atoms with Crippen molar-refractivity contribution in [3.63, 3.8) is 0 Å². The highest BCUT2D eigenvalue weighted by Crippen LogP contribution is 2.25. The predicted octanol–water partition coefficient (Wildman–Crippen LogP) is 5.87. The van der Waals surface area contributed by atoms with Gasteiger partial charge < -0.3 is 15.4 Å². The van der Waals surface area contributed by atoms with Crippen molar-refractivity contribution in [3.8, 4) is 17.2 Å². The standard InChI is InChI=1S/C30H23BrFN5O4/c1-2-12-35-29(39)25-17-22(11-14-33-25)41-21-8-6-20(7-9-21)36-28(38)23-15-18-4-3-13-34-27(18)37(30(23)40)26-10-5-19(31)16-24(26)32/h3-11,13-17H,2,12H2,1H3,(H,35,39)(H,36,38). The molecule has 0 aliphatic carbocycles. The van der Waals surface area contributed by atoms with Crippen LogP contribution < -0.4 is 20.9 Å². The molecule has 5 aromatic rings. The van der Waals surface area contributed by atoms with Crippen molar-refractivity contribution in [2.75, 3.05) is 11.9 Å². The number of hydrogen-bond acceptors (Lipinski definition) is 6. The van der Waals surface area contributed by atoms with Gasteiger partial charge in [-0.3, -0.25) is 23.9 Å². The van der Waals surface area contributed by atoms with E-state index in [4.69, 9.17) is 4.74 Å². The Morgan fingerprint density at radius 1 is 0.951 bits per heavy atom. The van der Waals surface area contributed by atoms with Crippen molar-refractivity contribution in [1.82, 2.24) is 19.9 Å². The SMILES string of the molecule is CCCNC(=O)c1cc(Oc2ccc(NC(=O)c3cc4cccnc4n(-c4ccc(Br)cc4F)c3=O)cc2)ccn1. The van der Waals surface area contributed by atoms with Crippen LogP contribution in [-0.2, 0) is 0 Å². The third kappa shape index (κ3) is 6.15. The number of anilines is 1. The summed E-state index contributed by atoms with van der Waals surface area (Å²) in [5.74, 6) is -0.730. The Kier molecular flexibility index (Phi) is 8.16. The van der Waals surface area contributed by atoms with Crippen molar-refractivity contribution >= 4 is 44.5 Å². The number of pyridine rings is 3. The molecule has 0 saturated carbocycles. The van der Waals surface area contributed by atoms with Crippen LogP contribution in [0.1, 0.15) is 34.2 Å². The van der Waals surface area contributed by atoms with E-state index in [2.05, 4.69) is 36.5 Å². The van der Waals surface area contributed by atoms with E-state index in [-0.39, 0.29) is 28.5 Å². The van der Waals surface area contributed by atoms with Gasteiger partial charge in [-0.1, -0.05) is 22.9 Å². The summed E-state index contributed by atoms with van der Waals surface area (Å²) in [5.41, 5.74) is -0.0629. The molecule has 5 rings (SSSR count). The molecule has 0 atom stereocenters. The summed E-state index contributed by atoms with van der Waals surface area (Å²) in [7, 11) is 0. The van der Waals surface area contributed by atoms with Crippen LogP contribution in [-0.4, -0.2) is 32.9 Å². The Hall–Kier alpha value is -4.90. The van der Waals surface area contributed by atoms with E-state index in [0.717, 1.165) is 11.0 Å². The van der Waals surface area contributed by atoms with E-state index >= 15 is 0 Å². The number of rotatable bonds is 8. The fourth-order valence-corrected chi connectivity index (χ4v) is 4.39. The number of nitrogens with one attached hydrogen (secondary N) is 2. The number of hydrogen-bond donors (Lipinski definition) is 2. The molecule has 0 aliphatic heterocycles. The summed E-state index contributed by atoms with van der Waals surface area (Å²) in [6, 6.07) is 18.7. The molecular formula is C30H23BrFN5O4. The zero-order valence-electron chi connectivity index (χ0n) is 21.7. The lowest BCUT2D eigenvalue weighted by Crippen LogP contribution is -2.29. The smallest absolute Gasteiger partial charge is 0.270 e. The second-order valence-corrected chi connectivity index (χ2v) is 9.84. The van der Waals surface area contributed by atoms with Gasteiger partial charge >= 0.3 is 0 Å². The first-order chi connectivity index (χ1) is 19.8. The minimum absolute atomic E-state index is 0.0276. The maximum absolute atomic E-state index is 14.9. The molecule has 206 valence electrons. The second kappa shape index (κ2) is 12.1. The summed E-state index contributed by atoms with van der Waals surface area (Å²) < 4.78 is 22.3. The van der Waals surface area contributed by atoms with Crippen LogP contribution in [0.3, 0.4) is 0 Å². The zero-order valence-corrected chi connectivity index (χ0v) is 23.3. The first-order valence-electron chi connectivity index (χ1n) is 12.6. The molecule has 11 heteroatoms. The van der Waals surface area contributed by atoms with Gasteiger partial charge in [-0.2, -0.15) is 0 Å². The Bertz CT molecular complexity index is 1830. The van der Waals surface area contributed by atoms with Crippen molar-refractivity contribution in [1.29, 1.82) is 0 Å². The van der Waals surface area contributed by atoms with Gasteiger partial charge in [0.05, 0.1) is 5.69 Å².